The summed E-state index contributed by atoms with van der Waals surface area (Å²) in [4.78, 5) is 23.1. The van der Waals surface area contributed by atoms with E-state index in [2.05, 4.69) is 10.2 Å². The molecular weight excluding hydrogens is 286 g/mol. The normalized spacial score (nSPS) is 10.7. The van der Waals surface area contributed by atoms with Crippen LogP contribution in [-0.2, 0) is 4.79 Å². The van der Waals surface area contributed by atoms with Gasteiger partial charge >= 0.3 is 12.0 Å². The average Bonchev–Trinajstić information content (AvgIpc) is 2.35. The van der Waals surface area contributed by atoms with Gasteiger partial charge in [0, 0.05) is 16.7 Å². The van der Waals surface area contributed by atoms with E-state index in [1.54, 1.807) is 12.1 Å². The van der Waals surface area contributed by atoms with Crippen LogP contribution in [0.25, 0.3) is 0 Å². The lowest BCUT2D eigenvalue weighted by molar-refractivity contribution is -0.131. The van der Waals surface area contributed by atoms with Crippen molar-refractivity contribution in [3.05, 3.63) is 12.1 Å². The van der Waals surface area contributed by atoms with Crippen molar-refractivity contribution in [2.24, 2.45) is 16.0 Å². The summed E-state index contributed by atoms with van der Waals surface area (Å²) in [6.45, 7) is 1.33. The van der Waals surface area contributed by atoms with Crippen LogP contribution < -0.4 is 10.5 Å². The first kappa shape index (κ1) is 15.5. The molecule has 0 saturated carbocycles. The first-order valence-corrected chi connectivity index (χ1v) is 7.58. The molecule has 0 aliphatic heterocycles. The molecule has 0 saturated heterocycles. The standard InChI is InChI=1S/C11H13N3O3S2/c1-6(15)17-7-4-8(18-2)10(9(5-7)19-3)13-14-11(12)16/h4-5H,1-3H3,(H2,12,16). The van der Waals surface area contributed by atoms with Gasteiger partial charge in [-0.3, -0.25) is 4.79 Å². The van der Waals surface area contributed by atoms with Crippen molar-refractivity contribution in [1.82, 2.24) is 0 Å². The number of nitrogens with zero attached hydrogens (tertiary/aromatic N) is 2. The predicted molar refractivity (Wildman–Crippen MR) is 75.4 cm³/mol. The minimum absolute atomic E-state index is 0.398. The Hall–Kier alpha value is -1.54. The van der Waals surface area contributed by atoms with Gasteiger partial charge < -0.3 is 10.5 Å². The highest BCUT2D eigenvalue weighted by Crippen LogP contribution is 2.40. The van der Waals surface area contributed by atoms with E-state index in [1.807, 2.05) is 12.5 Å². The summed E-state index contributed by atoms with van der Waals surface area (Å²) in [6, 6.07) is 2.48. The van der Waals surface area contributed by atoms with Crippen LogP contribution in [-0.4, -0.2) is 24.5 Å². The van der Waals surface area contributed by atoms with Crippen LogP contribution in [0.2, 0.25) is 0 Å². The maximum Gasteiger partial charge on any atom is 0.356 e. The van der Waals surface area contributed by atoms with E-state index in [9.17, 15) is 9.59 Å². The quantitative estimate of drug-likeness (QED) is 0.398. The highest BCUT2D eigenvalue weighted by Gasteiger charge is 2.12. The molecule has 102 valence electrons. The van der Waals surface area contributed by atoms with Crippen LogP contribution in [0.15, 0.2) is 32.2 Å². The number of nitrogens with two attached hydrogens (primary N) is 1. The fourth-order valence-electron chi connectivity index (χ4n) is 1.29. The Morgan fingerprint density at radius 1 is 1.21 bits per heavy atom. The zero-order valence-corrected chi connectivity index (χ0v) is 12.3. The van der Waals surface area contributed by atoms with Crippen molar-refractivity contribution < 1.29 is 14.3 Å². The zero-order chi connectivity index (χ0) is 14.4. The van der Waals surface area contributed by atoms with E-state index >= 15 is 0 Å². The van der Waals surface area contributed by atoms with E-state index in [4.69, 9.17) is 10.5 Å². The third-order valence-corrected chi connectivity index (χ3v) is 3.47. The summed E-state index contributed by atoms with van der Waals surface area (Å²) < 4.78 is 5.05. The number of esters is 1. The molecule has 0 bridgehead atoms. The molecule has 0 spiro atoms. The summed E-state index contributed by atoms with van der Waals surface area (Å²) >= 11 is 2.81. The Bertz CT molecular complexity index is 507. The van der Waals surface area contributed by atoms with E-state index in [0.29, 0.717) is 11.4 Å². The van der Waals surface area contributed by atoms with Gasteiger partial charge in [-0.15, -0.1) is 28.6 Å². The fourth-order valence-corrected chi connectivity index (χ4v) is 2.51. The SMILES string of the molecule is CSc1cc(OC(C)=O)cc(SC)c1N=NC(N)=O. The lowest BCUT2D eigenvalue weighted by Crippen LogP contribution is -2.02. The van der Waals surface area contributed by atoms with Gasteiger partial charge in [0.25, 0.3) is 0 Å². The topological polar surface area (TPSA) is 94.1 Å². The van der Waals surface area contributed by atoms with Gasteiger partial charge in [0.05, 0.1) is 0 Å². The van der Waals surface area contributed by atoms with Gasteiger partial charge in [0.15, 0.2) is 0 Å². The Balaban J connectivity index is 3.28. The Labute approximate surface area is 119 Å². The molecule has 0 fully saturated rings. The lowest BCUT2D eigenvalue weighted by Gasteiger charge is -2.10. The average molecular weight is 299 g/mol. The molecular formula is C11H13N3O3S2. The van der Waals surface area contributed by atoms with Crippen LogP contribution in [0.5, 0.6) is 5.75 Å². The maximum atomic E-state index is 11.0. The molecule has 2 N–H and O–H groups in total. The number of benzene rings is 1. The number of thioether (sulfide) groups is 2. The molecule has 1 rings (SSSR count). The van der Waals surface area contributed by atoms with Crippen molar-refractivity contribution in [3.63, 3.8) is 0 Å². The third kappa shape index (κ3) is 4.56. The van der Waals surface area contributed by atoms with Crippen LogP contribution in [0.4, 0.5) is 10.5 Å². The second kappa shape index (κ2) is 7.15. The number of urea groups is 1. The van der Waals surface area contributed by atoms with E-state index < -0.39 is 12.0 Å². The summed E-state index contributed by atoms with van der Waals surface area (Å²) in [5.74, 6) is 0.0323. The molecule has 0 heterocycles. The van der Waals surface area contributed by atoms with Crippen molar-refractivity contribution in [3.8, 4) is 5.75 Å². The molecule has 0 aliphatic rings. The molecule has 0 atom stereocenters. The summed E-state index contributed by atoms with van der Waals surface area (Å²) in [5, 5.41) is 7.17. The number of hydrogen-bond donors (Lipinski definition) is 1. The smallest absolute Gasteiger partial charge is 0.356 e. The monoisotopic (exact) mass is 299 g/mol. The molecule has 19 heavy (non-hydrogen) atoms. The van der Waals surface area contributed by atoms with Crippen molar-refractivity contribution in [1.29, 1.82) is 0 Å². The van der Waals surface area contributed by atoms with Gasteiger partial charge in [0.2, 0.25) is 0 Å². The van der Waals surface area contributed by atoms with Crippen LogP contribution in [0, 0.1) is 0 Å². The van der Waals surface area contributed by atoms with Gasteiger partial charge in [-0.1, -0.05) is 5.11 Å². The molecule has 0 aromatic heterocycles. The highest BCUT2D eigenvalue weighted by atomic mass is 32.2. The van der Waals surface area contributed by atoms with Crippen LogP contribution in [0.3, 0.4) is 0 Å². The molecule has 0 radical (unpaired) electrons. The van der Waals surface area contributed by atoms with Crippen LogP contribution >= 0.6 is 23.5 Å². The molecule has 6 nitrogen and oxygen atoms in total. The molecule has 2 amide bonds. The van der Waals surface area contributed by atoms with Crippen molar-refractivity contribution >= 4 is 41.2 Å². The third-order valence-electron chi connectivity index (χ3n) is 1.96. The van der Waals surface area contributed by atoms with Gasteiger partial charge in [-0.05, 0) is 24.6 Å². The number of rotatable bonds is 4. The van der Waals surface area contributed by atoms with E-state index in [0.717, 1.165) is 9.79 Å². The summed E-state index contributed by atoms with van der Waals surface area (Å²) in [6.07, 6.45) is 3.69. The van der Waals surface area contributed by atoms with Crippen molar-refractivity contribution in [2.75, 3.05) is 12.5 Å². The Kier molecular flexibility index (Phi) is 5.84. The number of azo groups is 1. The van der Waals surface area contributed by atoms with E-state index in [-0.39, 0.29) is 0 Å². The number of carbonyl (C=O) groups is 2. The number of hydrogen-bond acceptors (Lipinski definition) is 6. The second-order valence-corrected chi connectivity index (χ2v) is 5.00. The van der Waals surface area contributed by atoms with Gasteiger partial charge in [0.1, 0.15) is 11.4 Å². The minimum atomic E-state index is -0.858. The minimum Gasteiger partial charge on any atom is -0.427 e. The Morgan fingerprint density at radius 2 is 1.74 bits per heavy atom. The molecule has 1 aromatic rings. The second-order valence-electron chi connectivity index (χ2n) is 3.31. The number of primary amides is 1. The number of carbonyl (C=O) groups excluding carboxylic acids is 2. The van der Waals surface area contributed by atoms with E-state index in [1.165, 1.54) is 30.4 Å². The van der Waals surface area contributed by atoms with Gasteiger partial charge in [-0.25, -0.2) is 4.79 Å². The van der Waals surface area contributed by atoms with Crippen LogP contribution in [0.1, 0.15) is 6.92 Å². The van der Waals surface area contributed by atoms with Crippen molar-refractivity contribution in [2.45, 2.75) is 16.7 Å². The lowest BCUT2D eigenvalue weighted by atomic mass is 10.3. The first-order valence-electron chi connectivity index (χ1n) is 5.13. The zero-order valence-electron chi connectivity index (χ0n) is 10.7. The molecule has 0 aliphatic carbocycles. The highest BCUT2D eigenvalue weighted by molar-refractivity contribution is 7.99. The predicted octanol–water partition coefficient (Wildman–Crippen LogP) is 3.22. The number of amides is 2. The molecule has 8 heteroatoms. The summed E-state index contributed by atoms with van der Waals surface area (Å²) in [7, 11) is 0. The summed E-state index contributed by atoms with van der Waals surface area (Å²) in [5.41, 5.74) is 5.47. The first-order chi connectivity index (χ1) is 8.97. The Morgan fingerprint density at radius 3 is 2.11 bits per heavy atom. The maximum absolute atomic E-state index is 11.0. The fraction of sp³-hybridized carbons (Fsp3) is 0.273. The molecule has 1 aromatic carbocycles. The molecule has 0 unspecified atom stereocenters. The van der Waals surface area contributed by atoms with Gasteiger partial charge in [-0.2, -0.15) is 0 Å². The number of ether oxygens (including phenoxy) is 1. The largest absolute Gasteiger partial charge is 0.427 e.